The number of rotatable bonds is 7. The SMILES string of the molecule is CC1(NS(=O)(=O)c2ccc(N)cc2)COC1.CC1(NS(=O)(=O)c2ccc([N+](=O)[O-])cc2)COC1. The number of nitro groups is 1. The van der Waals surface area contributed by atoms with Gasteiger partial charge < -0.3 is 15.2 Å². The Morgan fingerprint density at radius 1 is 0.794 bits per heavy atom. The summed E-state index contributed by atoms with van der Waals surface area (Å²) in [5.41, 5.74) is 4.81. The first-order valence-corrected chi connectivity index (χ1v) is 13.0. The Hall–Kier alpha value is -2.62. The minimum atomic E-state index is -3.67. The molecule has 0 aliphatic carbocycles. The van der Waals surface area contributed by atoms with E-state index in [9.17, 15) is 26.9 Å². The Morgan fingerprint density at radius 2 is 1.15 bits per heavy atom. The summed E-state index contributed by atoms with van der Waals surface area (Å²) in [5, 5.41) is 10.5. The van der Waals surface area contributed by atoms with Crippen LogP contribution in [0.1, 0.15) is 13.8 Å². The summed E-state index contributed by atoms with van der Waals surface area (Å²) in [6.07, 6.45) is 0. The van der Waals surface area contributed by atoms with Crippen molar-refractivity contribution >= 4 is 31.4 Å². The highest BCUT2D eigenvalue weighted by molar-refractivity contribution is 7.89. The molecule has 34 heavy (non-hydrogen) atoms. The largest absolute Gasteiger partial charge is 0.399 e. The Bertz CT molecular complexity index is 1240. The highest BCUT2D eigenvalue weighted by Crippen LogP contribution is 2.22. The van der Waals surface area contributed by atoms with Gasteiger partial charge in [-0.25, -0.2) is 26.3 Å². The van der Waals surface area contributed by atoms with Gasteiger partial charge in [-0.05, 0) is 50.2 Å². The number of ether oxygens (including phenoxy) is 2. The number of nitrogens with two attached hydrogens (primary N) is 1. The summed E-state index contributed by atoms with van der Waals surface area (Å²) in [7, 11) is -7.16. The van der Waals surface area contributed by atoms with Crippen LogP contribution in [0.3, 0.4) is 0 Å². The maximum Gasteiger partial charge on any atom is 0.269 e. The van der Waals surface area contributed by atoms with Crippen molar-refractivity contribution in [2.45, 2.75) is 34.7 Å². The Kier molecular flexibility index (Phi) is 7.31. The van der Waals surface area contributed by atoms with E-state index in [0.29, 0.717) is 32.1 Å². The fourth-order valence-electron chi connectivity index (χ4n) is 3.09. The summed E-state index contributed by atoms with van der Waals surface area (Å²) in [6.45, 7) is 4.99. The first-order valence-electron chi connectivity index (χ1n) is 10.1. The zero-order valence-electron chi connectivity index (χ0n) is 18.6. The van der Waals surface area contributed by atoms with Crippen LogP contribution in [0.2, 0.25) is 0 Å². The predicted octanol–water partition coefficient (Wildman–Crippen LogP) is 0.998. The third-order valence-corrected chi connectivity index (χ3v) is 8.30. The van der Waals surface area contributed by atoms with Gasteiger partial charge >= 0.3 is 0 Å². The molecule has 14 heteroatoms. The highest BCUT2D eigenvalue weighted by Gasteiger charge is 2.38. The maximum absolute atomic E-state index is 12.0. The molecule has 0 spiro atoms. The van der Waals surface area contributed by atoms with E-state index in [1.165, 1.54) is 24.3 Å². The van der Waals surface area contributed by atoms with E-state index in [1.54, 1.807) is 19.1 Å². The number of benzene rings is 2. The number of nitrogen functional groups attached to an aromatic ring is 1. The van der Waals surface area contributed by atoms with E-state index in [-0.39, 0.29) is 15.5 Å². The molecule has 0 amide bonds. The average molecular weight is 515 g/mol. The molecule has 0 atom stereocenters. The number of nitrogens with zero attached hydrogens (tertiary/aromatic N) is 1. The quantitative estimate of drug-likeness (QED) is 0.276. The fraction of sp³-hybridized carbons (Fsp3) is 0.400. The van der Waals surface area contributed by atoms with Gasteiger partial charge in [0.2, 0.25) is 20.0 Å². The molecule has 0 radical (unpaired) electrons. The van der Waals surface area contributed by atoms with Crippen LogP contribution in [0.25, 0.3) is 0 Å². The third-order valence-electron chi connectivity index (χ3n) is 4.99. The first-order chi connectivity index (χ1) is 15.7. The standard InChI is InChI=1S/C10H12N2O5S.C10H14N2O3S/c1-10(6-17-7-10)11-18(15,16)9-4-2-8(3-5-9)12(13)14;1-10(6-15-7-10)12-16(13,14)9-4-2-8(11)3-5-9/h2-5,11H,6-7H2,1H3;2-5,12H,6-7,11H2,1H3. The summed E-state index contributed by atoms with van der Waals surface area (Å²) in [6, 6.07) is 10.8. The highest BCUT2D eigenvalue weighted by atomic mass is 32.2. The smallest absolute Gasteiger partial charge is 0.269 e. The maximum atomic E-state index is 12.0. The molecule has 2 aliphatic heterocycles. The lowest BCUT2D eigenvalue weighted by atomic mass is 10.0. The fourth-order valence-corrected chi connectivity index (χ4v) is 5.85. The molecule has 2 fully saturated rings. The van der Waals surface area contributed by atoms with Gasteiger partial charge in [-0.15, -0.1) is 0 Å². The van der Waals surface area contributed by atoms with Crippen LogP contribution in [-0.4, -0.2) is 59.3 Å². The molecule has 0 saturated carbocycles. The van der Waals surface area contributed by atoms with Crippen LogP contribution >= 0.6 is 0 Å². The van der Waals surface area contributed by atoms with Crippen molar-refractivity contribution in [3.8, 4) is 0 Å². The average Bonchev–Trinajstić information content (AvgIpc) is 2.72. The van der Waals surface area contributed by atoms with Crippen molar-refractivity contribution in [2.75, 3.05) is 32.2 Å². The molecule has 2 aliphatic rings. The third kappa shape index (κ3) is 6.28. The molecule has 2 saturated heterocycles. The minimum Gasteiger partial charge on any atom is -0.399 e. The molecule has 2 aromatic carbocycles. The predicted molar refractivity (Wildman–Crippen MR) is 123 cm³/mol. The Labute approximate surface area is 197 Å². The van der Waals surface area contributed by atoms with E-state index in [2.05, 4.69) is 9.44 Å². The van der Waals surface area contributed by atoms with Gasteiger partial charge in [-0.1, -0.05) is 0 Å². The van der Waals surface area contributed by atoms with Crippen LogP contribution in [0.4, 0.5) is 11.4 Å². The molecule has 186 valence electrons. The Balaban J connectivity index is 0.000000192. The first kappa shape index (κ1) is 26.0. The molecular weight excluding hydrogens is 488 g/mol. The van der Waals surface area contributed by atoms with Crippen LogP contribution in [0.5, 0.6) is 0 Å². The zero-order chi connectivity index (χ0) is 25.2. The number of hydrogen-bond donors (Lipinski definition) is 3. The van der Waals surface area contributed by atoms with E-state index in [1.807, 2.05) is 6.92 Å². The second-order valence-electron chi connectivity index (χ2n) is 8.64. The van der Waals surface area contributed by atoms with E-state index < -0.39 is 36.0 Å². The van der Waals surface area contributed by atoms with Crippen LogP contribution in [0, 0.1) is 10.1 Å². The molecular formula is C20H26N4O8S2. The monoisotopic (exact) mass is 514 g/mol. The number of nitrogens with one attached hydrogen (secondary N) is 2. The van der Waals surface area contributed by atoms with E-state index in [0.717, 1.165) is 12.1 Å². The van der Waals surface area contributed by atoms with Crippen molar-refractivity contribution < 1.29 is 31.2 Å². The van der Waals surface area contributed by atoms with E-state index in [4.69, 9.17) is 15.2 Å². The summed E-state index contributed by atoms with van der Waals surface area (Å²) < 4.78 is 62.9. The normalized spacial score (nSPS) is 18.5. The van der Waals surface area contributed by atoms with Gasteiger partial charge in [-0.2, -0.15) is 0 Å². The number of nitro benzene ring substituents is 1. The summed E-state index contributed by atoms with van der Waals surface area (Å²) in [4.78, 5) is 10.1. The van der Waals surface area contributed by atoms with Crippen molar-refractivity contribution in [3.63, 3.8) is 0 Å². The second-order valence-corrected chi connectivity index (χ2v) is 12.0. The van der Waals surface area contributed by atoms with Gasteiger partial charge in [0.05, 0.1) is 52.2 Å². The lowest BCUT2D eigenvalue weighted by Crippen LogP contribution is -2.59. The van der Waals surface area contributed by atoms with Crippen molar-refractivity contribution in [1.82, 2.24) is 9.44 Å². The second kappa shape index (κ2) is 9.56. The van der Waals surface area contributed by atoms with Crippen molar-refractivity contribution in [3.05, 3.63) is 58.6 Å². The summed E-state index contributed by atoms with van der Waals surface area (Å²) in [5.74, 6) is 0. The lowest BCUT2D eigenvalue weighted by Gasteiger charge is -2.38. The van der Waals surface area contributed by atoms with Gasteiger partial charge in [0.25, 0.3) is 5.69 Å². The topological polar surface area (TPSA) is 180 Å². The summed E-state index contributed by atoms with van der Waals surface area (Å²) >= 11 is 0. The molecule has 2 aromatic rings. The number of sulfonamides is 2. The van der Waals surface area contributed by atoms with E-state index >= 15 is 0 Å². The van der Waals surface area contributed by atoms with Crippen LogP contribution in [-0.2, 0) is 29.5 Å². The van der Waals surface area contributed by atoms with Gasteiger partial charge in [0, 0.05) is 17.8 Å². The lowest BCUT2D eigenvalue weighted by molar-refractivity contribution is -0.384. The molecule has 2 heterocycles. The van der Waals surface area contributed by atoms with Crippen LogP contribution in [0.15, 0.2) is 58.3 Å². The molecule has 4 rings (SSSR count). The van der Waals surface area contributed by atoms with Crippen LogP contribution < -0.4 is 15.2 Å². The zero-order valence-corrected chi connectivity index (χ0v) is 20.2. The minimum absolute atomic E-state index is 0.00113. The van der Waals surface area contributed by atoms with Gasteiger partial charge in [-0.3, -0.25) is 10.1 Å². The van der Waals surface area contributed by atoms with Gasteiger partial charge in [0.1, 0.15) is 0 Å². The molecule has 12 nitrogen and oxygen atoms in total. The Morgan fingerprint density at radius 3 is 1.44 bits per heavy atom. The van der Waals surface area contributed by atoms with Crippen molar-refractivity contribution in [1.29, 1.82) is 0 Å². The molecule has 0 bridgehead atoms. The van der Waals surface area contributed by atoms with Gasteiger partial charge in [0.15, 0.2) is 0 Å². The van der Waals surface area contributed by atoms with Crippen molar-refractivity contribution in [2.24, 2.45) is 0 Å². The number of non-ortho nitro benzene ring substituents is 1. The molecule has 0 unspecified atom stereocenters. The number of hydrogen-bond acceptors (Lipinski definition) is 9. The molecule has 4 N–H and O–H groups in total. The number of anilines is 1. The molecule has 0 aromatic heterocycles.